The molecule has 1 aromatic heterocycles. The first kappa shape index (κ1) is 40.3. The Morgan fingerprint density at radius 1 is 0.290 bits per heavy atom. The molecular formula is C67H45NO. The minimum absolute atomic E-state index is 0.574. The van der Waals surface area contributed by atoms with Gasteiger partial charge in [0, 0.05) is 33.4 Å². The van der Waals surface area contributed by atoms with Crippen LogP contribution < -0.4 is 4.90 Å². The molecule has 12 aromatic rings. The summed E-state index contributed by atoms with van der Waals surface area (Å²) in [4.78, 5) is 2.37. The second-order valence-corrected chi connectivity index (χ2v) is 18.0. The van der Waals surface area contributed by atoms with E-state index in [0.717, 1.165) is 50.1 Å². The molecule has 2 nitrogen and oxygen atoms in total. The first-order chi connectivity index (χ1) is 34.2. The van der Waals surface area contributed by atoms with Crippen LogP contribution in [0.2, 0.25) is 0 Å². The van der Waals surface area contributed by atoms with Crippen molar-refractivity contribution < 1.29 is 4.42 Å². The number of nitrogens with zero attached hydrogens (tertiary/aromatic N) is 1. The minimum Gasteiger partial charge on any atom is -0.456 e. The van der Waals surface area contributed by atoms with E-state index < -0.39 is 5.41 Å². The summed E-state index contributed by atoms with van der Waals surface area (Å²) in [6.45, 7) is 0. The maximum atomic E-state index is 7.10. The summed E-state index contributed by atoms with van der Waals surface area (Å²) in [6.07, 6.45) is 0. The molecule has 13 rings (SSSR count). The maximum Gasteiger partial charge on any atom is 0.136 e. The van der Waals surface area contributed by atoms with E-state index in [1.54, 1.807) is 0 Å². The summed E-state index contributed by atoms with van der Waals surface area (Å²) in [7, 11) is 0. The van der Waals surface area contributed by atoms with Crippen LogP contribution in [0.15, 0.2) is 277 Å². The third-order valence-electron chi connectivity index (χ3n) is 14.2. The highest BCUT2D eigenvalue weighted by Crippen LogP contribution is 2.60. The average Bonchev–Trinajstić information content (AvgIpc) is 3.95. The van der Waals surface area contributed by atoms with Crippen LogP contribution >= 0.6 is 0 Å². The molecule has 0 unspecified atom stereocenters. The number of fused-ring (bicyclic) bond motifs is 6. The molecule has 0 fully saturated rings. The van der Waals surface area contributed by atoms with Gasteiger partial charge in [-0.3, -0.25) is 0 Å². The molecular weight excluding hydrogens is 835 g/mol. The summed E-state index contributed by atoms with van der Waals surface area (Å²) in [5.41, 5.74) is 21.2. The second kappa shape index (κ2) is 16.7. The first-order valence-electron chi connectivity index (χ1n) is 23.7. The van der Waals surface area contributed by atoms with Crippen LogP contribution in [0.1, 0.15) is 22.3 Å². The predicted molar refractivity (Wildman–Crippen MR) is 287 cm³/mol. The Morgan fingerprint density at radius 2 is 0.696 bits per heavy atom. The number of furan rings is 1. The van der Waals surface area contributed by atoms with Gasteiger partial charge >= 0.3 is 0 Å². The molecule has 0 aliphatic heterocycles. The third-order valence-corrected chi connectivity index (χ3v) is 14.2. The summed E-state index contributed by atoms with van der Waals surface area (Å²) in [5.74, 6) is 0. The van der Waals surface area contributed by atoms with Gasteiger partial charge in [0.1, 0.15) is 11.2 Å². The molecule has 0 saturated carbocycles. The topological polar surface area (TPSA) is 16.4 Å². The lowest BCUT2D eigenvalue weighted by Gasteiger charge is -2.34. The quantitative estimate of drug-likeness (QED) is 0.144. The van der Waals surface area contributed by atoms with Crippen molar-refractivity contribution in [3.8, 4) is 55.6 Å². The van der Waals surface area contributed by atoms with Gasteiger partial charge in [0.05, 0.1) is 5.41 Å². The molecule has 0 saturated heterocycles. The van der Waals surface area contributed by atoms with Crippen LogP contribution in [0.25, 0.3) is 77.6 Å². The molecule has 0 atom stereocenters. The Balaban J connectivity index is 1.02. The van der Waals surface area contributed by atoms with E-state index >= 15 is 0 Å². The largest absolute Gasteiger partial charge is 0.456 e. The van der Waals surface area contributed by atoms with E-state index in [1.165, 1.54) is 66.8 Å². The zero-order valence-corrected chi connectivity index (χ0v) is 37.8. The van der Waals surface area contributed by atoms with Crippen molar-refractivity contribution in [2.75, 3.05) is 4.90 Å². The molecule has 69 heavy (non-hydrogen) atoms. The summed E-state index contributed by atoms with van der Waals surface area (Å²) in [5, 5.41) is 2.18. The van der Waals surface area contributed by atoms with Gasteiger partial charge in [-0.2, -0.15) is 0 Å². The lowest BCUT2D eigenvalue weighted by molar-refractivity contribution is 0.666. The van der Waals surface area contributed by atoms with Crippen molar-refractivity contribution >= 4 is 39.0 Å². The minimum atomic E-state index is -0.574. The predicted octanol–water partition coefficient (Wildman–Crippen LogP) is 18.1. The number of hydrogen-bond donors (Lipinski definition) is 0. The van der Waals surface area contributed by atoms with E-state index in [-0.39, 0.29) is 0 Å². The van der Waals surface area contributed by atoms with Crippen molar-refractivity contribution in [3.63, 3.8) is 0 Å². The Bertz CT molecular complexity index is 3730. The Labute approximate surface area is 402 Å². The number of benzene rings is 11. The van der Waals surface area contributed by atoms with E-state index in [1.807, 2.05) is 0 Å². The van der Waals surface area contributed by atoms with E-state index in [4.69, 9.17) is 4.42 Å². The van der Waals surface area contributed by atoms with Gasteiger partial charge in [-0.05, 0) is 121 Å². The molecule has 0 bridgehead atoms. The Morgan fingerprint density at radius 3 is 1.20 bits per heavy atom. The lowest BCUT2D eigenvalue weighted by Crippen LogP contribution is -2.28. The number of hydrogen-bond acceptors (Lipinski definition) is 2. The van der Waals surface area contributed by atoms with Crippen LogP contribution in [0.5, 0.6) is 0 Å². The Kier molecular flexibility index (Phi) is 9.77. The highest BCUT2D eigenvalue weighted by molar-refractivity contribution is 6.19. The smallest absolute Gasteiger partial charge is 0.136 e. The van der Waals surface area contributed by atoms with Crippen molar-refractivity contribution in [2.45, 2.75) is 5.41 Å². The van der Waals surface area contributed by atoms with Crippen LogP contribution in [0.4, 0.5) is 17.1 Å². The molecule has 1 heterocycles. The molecule has 1 aliphatic carbocycles. The van der Waals surface area contributed by atoms with Gasteiger partial charge in [-0.1, -0.05) is 224 Å². The fourth-order valence-corrected chi connectivity index (χ4v) is 11.0. The van der Waals surface area contributed by atoms with Crippen LogP contribution in [-0.4, -0.2) is 0 Å². The van der Waals surface area contributed by atoms with E-state index in [2.05, 4.69) is 278 Å². The summed E-state index contributed by atoms with van der Waals surface area (Å²) >= 11 is 0. The van der Waals surface area contributed by atoms with Crippen molar-refractivity contribution in [1.29, 1.82) is 0 Å². The SMILES string of the molecule is c1ccc(-c2ccc(-c3ccc(N(c4ccc(-c5ccccc5)cc4)c4ccc5oc6cc7c(c(-c8ccccc8)c6c5c4)-c4ccccc4C7(c4ccccc4)c4ccccc4)cc3)cc2)cc1. The third kappa shape index (κ3) is 6.72. The van der Waals surface area contributed by atoms with Gasteiger partial charge in [0.2, 0.25) is 0 Å². The first-order valence-corrected chi connectivity index (χ1v) is 23.7. The Hall–Kier alpha value is -8.98. The summed E-state index contributed by atoms with van der Waals surface area (Å²) in [6, 6.07) is 98.9. The zero-order chi connectivity index (χ0) is 45.7. The van der Waals surface area contributed by atoms with Crippen molar-refractivity contribution in [1.82, 2.24) is 0 Å². The molecule has 0 spiro atoms. The fourth-order valence-electron chi connectivity index (χ4n) is 11.0. The normalized spacial score (nSPS) is 12.5. The second-order valence-electron chi connectivity index (χ2n) is 18.0. The zero-order valence-electron chi connectivity index (χ0n) is 37.8. The van der Waals surface area contributed by atoms with E-state index in [9.17, 15) is 0 Å². The maximum absolute atomic E-state index is 7.10. The highest BCUT2D eigenvalue weighted by Gasteiger charge is 2.47. The van der Waals surface area contributed by atoms with Crippen LogP contribution in [-0.2, 0) is 5.41 Å². The lowest BCUT2D eigenvalue weighted by atomic mass is 9.67. The number of anilines is 3. The molecule has 0 N–H and O–H groups in total. The standard InChI is InChI=1S/C67H45NO/c1-6-18-46(19-7-1)48-30-32-49(33-31-48)51-36-40-56(41-37-51)68(55-38-34-50(35-39-55)47-20-8-2-9-21-47)57-42-43-62-59(44-57)66-63(69-62)45-61-65(64(66)52-22-10-3-11-23-52)58-28-16-17-29-60(58)67(61,53-24-12-4-13-25-53)54-26-14-5-15-27-54/h1-45H. The fraction of sp³-hybridized carbons (Fsp3) is 0.0149. The summed E-state index contributed by atoms with van der Waals surface area (Å²) < 4.78 is 7.10. The van der Waals surface area contributed by atoms with Crippen molar-refractivity contribution in [2.24, 2.45) is 0 Å². The molecule has 11 aromatic carbocycles. The molecule has 324 valence electrons. The monoisotopic (exact) mass is 879 g/mol. The van der Waals surface area contributed by atoms with Gasteiger partial charge in [0.25, 0.3) is 0 Å². The van der Waals surface area contributed by atoms with Gasteiger partial charge in [-0.25, -0.2) is 0 Å². The van der Waals surface area contributed by atoms with Gasteiger partial charge < -0.3 is 9.32 Å². The van der Waals surface area contributed by atoms with Crippen LogP contribution in [0, 0.1) is 0 Å². The van der Waals surface area contributed by atoms with Gasteiger partial charge in [-0.15, -0.1) is 0 Å². The highest BCUT2D eigenvalue weighted by atomic mass is 16.3. The molecule has 0 radical (unpaired) electrons. The molecule has 1 aliphatic rings. The van der Waals surface area contributed by atoms with E-state index in [0.29, 0.717) is 0 Å². The molecule has 2 heteroatoms. The van der Waals surface area contributed by atoms with Crippen molar-refractivity contribution in [3.05, 3.63) is 295 Å². The molecule has 0 amide bonds. The van der Waals surface area contributed by atoms with Crippen LogP contribution in [0.3, 0.4) is 0 Å². The number of rotatable bonds is 9. The average molecular weight is 880 g/mol. The van der Waals surface area contributed by atoms with Gasteiger partial charge in [0.15, 0.2) is 0 Å².